The first-order valence-electron chi connectivity index (χ1n) is 7.87. The quantitative estimate of drug-likeness (QED) is 0.809. The molecule has 2 N–H and O–H groups in total. The van der Waals surface area contributed by atoms with Crippen LogP contribution >= 0.6 is 0 Å². The molecule has 128 valence electrons. The molecule has 0 heterocycles. The number of hydrogen-bond donors (Lipinski definition) is 2. The molecule has 1 unspecified atom stereocenters. The molecular weight excluding hydrogens is 324 g/mol. The summed E-state index contributed by atoms with van der Waals surface area (Å²) in [5.41, 5.74) is 1.59. The van der Waals surface area contributed by atoms with Gasteiger partial charge in [-0.1, -0.05) is 44.2 Å². The minimum absolute atomic E-state index is 0.151. The summed E-state index contributed by atoms with van der Waals surface area (Å²) in [5.74, 6) is -0.0197. The molecule has 1 atom stereocenters. The van der Waals surface area contributed by atoms with Crippen LogP contribution in [-0.2, 0) is 10.0 Å². The first-order valence-corrected chi connectivity index (χ1v) is 9.35. The number of hydrogen-bond acceptors (Lipinski definition) is 3. The van der Waals surface area contributed by atoms with Crippen LogP contribution in [0.4, 0.5) is 0 Å². The number of sulfonamides is 1. The van der Waals surface area contributed by atoms with Crippen molar-refractivity contribution in [2.45, 2.75) is 24.7 Å². The SMILES string of the molecule is CCNS(=O)(=O)c1ccc(C(=O)NCC(C)c2ccccc2)cc1. The minimum Gasteiger partial charge on any atom is -0.351 e. The molecule has 0 aliphatic rings. The van der Waals surface area contributed by atoms with Gasteiger partial charge < -0.3 is 5.32 Å². The van der Waals surface area contributed by atoms with Gasteiger partial charge in [-0.05, 0) is 35.7 Å². The Labute approximate surface area is 143 Å². The summed E-state index contributed by atoms with van der Waals surface area (Å²) in [4.78, 5) is 12.3. The maximum absolute atomic E-state index is 12.2. The van der Waals surface area contributed by atoms with Gasteiger partial charge in [0, 0.05) is 18.7 Å². The molecule has 0 aromatic heterocycles. The van der Waals surface area contributed by atoms with Gasteiger partial charge in [0.05, 0.1) is 4.90 Å². The monoisotopic (exact) mass is 346 g/mol. The zero-order valence-corrected chi connectivity index (χ0v) is 14.6. The highest BCUT2D eigenvalue weighted by molar-refractivity contribution is 7.89. The molecule has 0 aliphatic carbocycles. The average Bonchev–Trinajstić information content (AvgIpc) is 2.60. The van der Waals surface area contributed by atoms with Gasteiger partial charge in [-0.3, -0.25) is 4.79 Å². The van der Waals surface area contributed by atoms with E-state index in [9.17, 15) is 13.2 Å². The average molecular weight is 346 g/mol. The molecule has 5 nitrogen and oxygen atoms in total. The van der Waals surface area contributed by atoms with E-state index in [2.05, 4.69) is 10.0 Å². The van der Waals surface area contributed by atoms with Crippen LogP contribution in [0.5, 0.6) is 0 Å². The Balaban J connectivity index is 1.98. The van der Waals surface area contributed by atoms with Crippen molar-refractivity contribution in [2.75, 3.05) is 13.1 Å². The Morgan fingerprint density at radius 2 is 1.67 bits per heavy atom. The van der Waals surface area contributed by atoms with Crippen LogP contribution in [0.1, 0.15) is 35.7 Å². The summed E-state index contributed by atoms with van der Waals surface area (Å²) in [6, 6.07) is 15.9. The van der Waals surface area contributed by atoms with Gasteiger partial charge in [0.1, 0.15) is 0 Å². The number of carbonyl (C=O) groups is 1. The van der Waals surface area contributed by atoms with Crippen molar-refractivity contribution in [1.82, 2.24) is 10.0 Å². The zero-order valence-electron chi connectivity index (χ0n) is 13.8. The molecule has 1 amide bonds. The van der Waals surface area contributed by atoms with E-state index >= 15 is 0 Å². The summed E-state index contributed by atoms with van der Waals surface area (Å²) in [6.07, 6.45) is 0. The van der Waals surface area contributed by atoms with E-state index in [4.69, 9.17) is 0 Å². The molecule has 0 aliphatic heterocycles. The molecule has 0 spiro atoms. The Bertz CT molecular complexity index is 772. The Morgan fingerprint density at radius 1 is 1.04 bits per heavy atom. The second-order valence-electron chi connectivity index (χ2n) is 5.55. The Morgan fingerprint density at radius 3 is 2.25 bits per heavy atom. The fraction of sp³-hybridized carbons (Fsp3) is 0.278. The molecule has 0 bridgehead atoms. The molecule has 6 heteroatoms. The summed E-state index contributed by atoms with van der Waals surface area (Å²) in [6.45, 7) is 4.59. The van der Waals surface area contributed by atoms with E-state index in [1.54, 1.807) is 6.92 Å². The number of benzene rings is 2. The van der Waals surface area contributed by atoms with Gasteiger partial charge in [0.15, 0.2) is 0 Å². The van der Waals surface area contributed by atoms with E-state index in [1.807, 2.05) is 37.3 Å². The highest BCUT2D eigenvalue weighted by atomic mass is 32.2. The van der Waals surface area contributed by atoms with E-state index in [0.717, 1.165) is 5.56 Å². The highest BCUT2D eigenvalue weighted by Gasteiger charge is 2.14. The molecule has 2 aromatic carbocycles. The van der Waals surface area contributed by atoms with Crippen LogP contribution in [0.2, 0.25) is 0 Å². The fourth-order valence-corrected chi connectivity index (χ4v) is 3.35. The molecule has 0 saturated heterocycles. The van der Waals surface area contributed by atoms with Gasteiger partial charge >= 0.3 is 0 Å². The third-order valence-corrected chi connectivity index (χ3v) is 5.26. The Kier molecular flexibility index (Phi) is 6.11. The van der Waals surface area contributed by atoms with Crippen LogP contribution in [0, 0.1) is 0 Å². The van der Waals surface area contributed by atoms with Crippen LogP contribution in [0.3, 0.4) is 0 Å². The lowest BCUT2D eigenvalue weighted by molar-refractivity contribution is 0.0951. The summed E-state index contributed by atoms with van der Waals surface area (Å²) in [5, 5.41) is 2.88. The second-order valence-corrected chi connectivity index (χ2v) is 7.31. The van der Waals surface area contributed by atoms with Crippen molar-refractivity contribution in [2.24, 2.45) is 0 Å². The number of carbonyl (C=O) groups excluding carboxylic acids is 1. The highest BCUT2D eigenvalue weighted by Crippen LogP contribution is 2.14. The van der Waals surface area contributed by atoms with Crippen LogP contribution in [0.25, 0.3) is 0 Å². The molecule has 0 radical (unpaired) electrons. The summed E-state index contributed by atoms with van der Waals surface area (Å²) < 4.78 is 26.2. The first kappa shape index (κ1) is 18.2. The molecule has 2 rings (SSSR count). The third kappa shape index (κ3) is 4.66. The van der Waals surface area contributed by atoms with Crippen molar-refractivity contribution >= 4 is 15.9 Å². The maximum Gasteiger partial charge on any atom is 0.251 e. The van der Waals surface area contributed by atoms with E-state index in [-0.39, 0.29) is 16.7 Å². The molecule has 2 aromatic rings. The second kappa shape index (κ2) is 8.08. The first-order chi connectivity index (χ1) is 11.4. The third-order valence-electron chi connectivity index (χ3n) is 3.70. The lowest BCUT2D eigenvalue weighted by atomic mass is 10.0. The summed E-state index contributed by atoms with van der Waals surface area (Å²) >= 11 is 0. The maximum atomic E-state index is 12.2. The van der Waals surface area contributed by atoms with Crippen molar-refractivity contribution in [3.63, 3.8) is 0 Å². The van der Waals surface area contributed by atoms with E-state index in [0.29, 0.717) is 18.7 Å². The predicted molar refractivity (Wildman–Crippen MR) is 94.5 cm³/mol. The van der Waals surface area contributed by atoms with Crippen LogP contribution in [0.15, 0.2) is 59.5 Å². The normalized spacial score (nSPS) is 12.6. The molecular formula is C18H22N2O3S. The van der Waals surface area contributed by atoms with Crippen molar-refractivity contribution in [3.05, 3.63) is 65.7 Å². The fourth-order valence-electron chi connectivity index (χ4n) is 2.31. The van der Waals surface area contributed by atoms with Gasteiger partial charge in [0.25, 0.3) is 5.91 Å². The zero-order chi connectivity index (χ0) is 17.6. The van der Waals surface area contributed by atoms with Crippen molar-refractivity contribution in [1.29, 1.82) is 0 Å². The predicted octanol–water partition coefficient (Wildman–Crippen LogP) is 2.52. The van der Waals surface area contributed by atoms with Crippen LogP contribution < -0.4 is 10.0 Å². The van der Waals surface area contributed by atoms with Gasteiger partial charge in [-0.2, -0.15) is 0 Å². The lowest BCUT2D eigenvalue weighted by Gasteiger charge is -2.13. The minimum atomic E-state index is -3.50. The number of nitrogens with one attached hydrogen (secondary N) is 2. The standard InChI is InChI=1S/C18H22N2O3S/c1-3-20-24(22,23)17-11-9-16(10-12-17)18(21)19-13-14(2)15-7-5-4-6-8-15/h4-12,14,20H,3,13H2,1-2H3,(H,19,21). The lowest BCUT2D eigenvalue weighted by Crippen LogP contribution is -2.27. The van der Waals surface area contributed by atoms with E-state index < -0.39 is 10.0 Å². The number of amides is 1. The van der Waals surface area contributed by atoms with Crippen molar-refractivity contribution in [3.8, 4) is 0 Å². The smallest absolute Gasteiger partial charge is 0.251 e. The summed E-state index contributed by atoms with van der Waals surface area (Å²) in [7, 11) is -3.50. The van der Waals surface area contributed by atoms with Gasteiger partial charge in [0.2, 0.25) is 10.0 Å². The number of rotatable bonds is 7. The van der Waals surface area contributed by atoms with E-state index in [1.165, 1.54) is 24.3 Å². The molecule has 0 fully saturated rings. The molecule has 0 saturated carbocycles. The van der Waals surface area contributed by atoms with Gasteiger partial charge in [-0.25, -0.2) is 13.1 Å². The van der Waals surface area contributed by atoms with Gasteiger partial charge in [-0.15, -0.1) is 0 Å². The van der Waals surface area contributed by atoms with Crippen molar-refractivity contribution < 1.29 is 13.2 Å². The molecule has 24 heavy (non-hydrogen) atoms. The van der Waals surface area contributed by atoms with Crippen LogP contribution in [-0.4, -0.2) is 27.4 Å². The topological polar surface area (TPSA) is 75.3 Å². The largest absolute Gasteiger partial charge is 0.351 e. The Hall–Kier alpha value is -2.18.